The summed E-state index contributed by atoms with van der Waals surface area (Å²) in [5.41, 5.74) is 0.998. The zero-order valence-electron chi connectivity index (χ0n) is 11.5. The highest BCUT2D eigenvalue weighted by molar-refractivity contribution is 5.80. The molecule has 1 heterocycles. The van der Waals surface area contributed by atoms with Crippen molar-refractivity contribution >= 4 is 17.5 Å². The average Bonchev–Trinajstić information content (AvgIpc) is 3.23. The van der Waals surface area contributed by atoms with Crippen LogP contribution in [0.2, 0.25) is 0 Å². The summed E-state index contributed by atoms with van der Waals surface area (Å²) in [6, 6.07) is 0. The summed E-state index contributed by atoms with van der Waals surface area (Å²) in [7, 11) is 0. The third kappa shape index (κ3) is 3.81. The second kappa shape index (κ2) is 6.36. The number of hydrogen-bond donors (Lipinski definition) is 3. The molecule has 1 amide bonds. The molecule has 6 heteroatoms. The van der Waals surface area contributed by atoms with Gasteiger partial charge in [-0.1, -0.05) is 0 Å². The van der Waals surface area contributed by atoms with Gasteiger partial charge in [-0.15, -0.1) is 0 Å². The van der Waals surface area contributed by atoms with Gasteiger partial charge in [0.2, 0.25) is 5.91 Å². The van der Waals surface area contributed by atoms with Crippen LogP contribution in [-0.4, -0.2) is 35.5 Å². The molecule has 3 N–H and O–H groups in total. The van der Waals surface area contributed by atoms with Crippen LogP contribution in [-0.2, 0) is 4.79 Å². The van der Waals surface area contributed by atoms with Crippen LogP contribution >= 0.6 is 0 Å². The number of carbonyl (C=O) groups excluding carboxylic acids is 1. The average molecular weight is 263 g/mol. The second-order valence-electron chi connectivity index (χ2n) is 4.72. The molecule has 1 fully saturated rings. The van der Waals surface area contributed by atoms with Crippen molar-refractivity contribution in [1.82, 2.24) is 15.3 Å². The zero-order valence-corrected chi connectivity index (χ0v) is 11.5. The Bertz CT molecular complexity index is 445. The van der Waals surface area contributed by atoms with Crippen LogP contribution in [0.25, 0.3) is 0 Å². The number of aromatic nitrogens is 2. The molecule has 0 aromatic carbocycles. The fraction of sp³-hybridized carbons (Fsp3) is 0.615. The quantitative estimate of drug-likeness (QED) is 0.643. The Morgan fingerprint density at radius 2 is 1.95 bits per heavy atom. The second-order valence-corrected chi connectivity index (χ2v) is 4.72. The van der Waals surface area contributed by atoms with Crippen molar-refractivity contribution in [3.63, 3.8) is 0 Å². The largest absolute Gasteiger partial charge is 0.370 e. The molecule has 0 saturated heterocycles. The van der Waals surface area contributed by atoms with Gasteiger partial charge in [-0.3, -0.25) is 4.79 Å². The SMILES string of the molecule is CCNc1ncnc(NCCNC(=O)C2CC2)c1C. The van der Waals surface area contributed by atoms with Crippen molar-refractivity contribution in [2.45, 2.75) is 26.7 Å². The van der Waals surface area contributed by atoms with Gasteiger partial charge in [-0.05, 0) is 26.7 Å². The van der Waals surface area contributed by atoms with Crippen LogP contribution in [0, 0.1) is 12.8 Å². The third-order valence-electron chi connectivity index (χ3n) is 3.09. The summed E-state index contributed by atoms with van der Waals surface area (Å²) in [5.74, 6) is 2.10. The number of amides is 1. The molecule has 1 saturated carbocycles. The minimum absolute atomic E-state index is 0.176. The minimum Gasteiger partial charge on any atom is -0.370 e. The number of hydrogen-bond acceptors (Lipinski definition) is 5. The van der Waals surface area contributed by atoms with E-state index in [0.29, 0.717) is 13.1 Å². The van der Waals surface area contributed by atoms with E-state index in [0.717, 1.165) is 36.6 Å². The normalized spacial score (nSPS) is 14.0. The third-order valence-corrected chi connectivity index (χ3v) is 3.09. The molecular weight excluding hydrogens is 242 g/mol. The summed E-state index contributed by atoms with van der Waals surface area (Å²) in [6.07, 6.45) is 3.61. The smallest absolute Gasteiger partial charge is 0.223 e. The van der Waals surface area contributed by atoms with Gasteiger partial charge in [0.15, 0.2) is 0 Å². The molecule has 1 aromatic rings. The Balaban J connectivity index is 1.78. The van der Waals surface area contributed by atoms with Crippen molar-refractivity contribution in [3.8, 4) is 0 Å². The standard InChI is InChI=1S/C13H21N5O/c1-3-14-11-9(2)12(18-8-17-11)15-6-7-16-13(19)10-4-5-10/h8,10H,3-7H2,1-2H3,(H,16,19)(H2,14,15,17,18). The first-order valence-corrected chi connectivity index (χ1v) is 6.79. The molecule has 6 nitrogen and oxygen atoms in total. The first-order chi connectivity index (χ1) is 9.22. The maximum Gasteiger partial charge on any atom is 0.223 e. The van der Waals surface area contributed by atoms with E-state index in [2.05, 4.69) is 25.9 Å². The maximum absolute atomic E-state index is 11.4. The van der Waals surface area contributed by atoms with Crippen molar-refractivity contribution < 1.29 is 4.79 Å². The highest BCUT2D eigenvalue weighted by atomic mass is 16.2. The van der Waals surface area contributed by atoms with E-state index in [-0.39, 0.29) is 11.8 Å². The topological polar surface area (TPSA) is 78.9 Å². The van der Waals surface area contributed by atoms with E-state index < -0.39 is 0 Å². The van der Waals surface area contributed by atoms with Crippen molar-refractivity contribution in [2.24, 2.45) is 5.92 Å². The summed E-state index contributed by atoms with van der Waals surface area (Å²) in [5, 5.41) is 9.32. The van der Waals surface area contributed by atoms with E-state index >= 15 is 0 Å². The minimum atomic E-state index is 0.176. The molecule has 0 aliphatic heterocycles. The lowest BCUT2D eigenvalue weighted by Gasteiger charge is -2.12. The van der Waals surface area contributed by atoms with Gasteiger partial charge in [0.05, 0.1) is 0 Å². The van der Waals surface area contributed by atoms with Crippen LogP contribution in [0.1, 0.15) is 25.3 Å². The molecule has 1 aliphatic rings. The van der Waals surface area contributed by atoms with Crippen LogP contribution in [0.3, 0.4) is 0 Å². The van der Waals surface area contributed by atoms with Gasteiger partial charge in [0, 0.05) is 31.1 Å². The Hall–Kier alpha value is -1.85. The molecule has 0 spiro atoms. The van der Waals surface area contributed by atoms with E-state index in [9.17, 15) is 4.79 Å². The fourth-order valence-corrected chi connectivity index (χ4v) is 1.83. The lowest BCUT2D eigenvalue weighted by atomic mass is 10.3. The molecule has 1 aliphatic carbocycles. The summed E-state index contributed by atoms with van der Waals surface area (Å²) in [6.45, 7) is 6.12. The summed E-state index contributed by atoms with van der Waals surface area (Å²) >= 11 is 0. The predicted molar refractivity (Wildman–Crippen MR) is 75.2 cm³/mol. The van der Waals surface area contributed by atoms with E-state index in [1.165, 1.54) is 6.33 Å². The van der Waals surface area contributed by atoms with Gasteiger partial charge in [-0.2, -0.15) is 0 Å². The predicted octanol–water partition coefficient (Wildman–Crippen LogP) is 1.15. The molecule has 0 bridgehead atoms. The fourth-order valence-electron chi connectivity index (χ4n) is 1.83. The van der Waals surface area contributed by atoms with E-state index in [4.69, 9.17) is 0 Å². The van der Waals surface area contributed by atoms with Crippen LogP contribution in [0.4, 0.5) is 11.6 Å². The molecule has 2 rings (SSSR count). The highest BCUT2D eigenvalue weighted by Crippen LogP contribution is 2.28. The number of anilines is 2. The zero-order chi connectivity index (χ0) is 13.7. The molecule has 104 valence electrons. The van der Waals surface area contributed by atoms with Crippen molar-refractivity contribution in [1.29, 1.82) is 0 Å². The van der Waals surface area contributed by atoms with E-state index in [1.54, 1.807) is 0 Å². The van der Waals surface area contributed by atoms with Crippen LogP contribution < -0.4 is 16.0 Å². The summed E-state index contributed by atoms with van der Waals surface area (Å²) in [4.78, 5) is 19.8. The number of rotatable bonds is 7. The maximum atomic E-state index is 11.4. The number of nitrogens with zero attached hydrogens (tertiary/aromatic N) is 2. The van der Waals surface area contributed by atoms with Gasteiger partial charge >= 0.3 is 0 Å². The van der Waals surface area contributed by atoms with Crippen LogP contribution in [0.5, 0.6) is 0 Å². The van der Waals surface area contributed by atoms with Gasteiger partial charge in [-0.25, -0.2) is 9.97 Å². The molecule has 1 aromatic heterocycles. The summed E-state index contributed by atoms with van der Waals surface area (Å²) < 4.78 is 0. The Kier molecular flexibility index (Phi) is 4.54. The lowest BCUT2D eigenvalue weighted by molar-refractivity contribution is -0.122. The van der Waals surface area contributed by atoms with Crippen molar-refractivity contribution in [2.75, 3.05) is 30.3 Å². The number of carbonyl (C=O) groups is 1. The first kappa shape index (κ1) is 13.6. The molecule has 0 atom stereocenters. The molecule has 19 heavy (non-hydrogen) atoms. The van der Waals surface area contributed by atoms with Gasteiger partial charge in [0.25, 0.3) is 0 Å². The Morgan fingerprint density at radius 3 is 2.58 bits per heavy atom. The van der Waals surface area contributed by atoms with Gasteiger partial charge in [0.1, 0.15) is 18.0 Å². The Morgan fingerprint density at radius 1 is 1.26 bits per heavy atom. The first-order valence-electron chi connectivity index (χ1n) is 6.79. The van der Waals surface area contributed by atoms with Crippen LogP contribution in [0.15, 0.2) is 6.33 Å². The van der Waals surface area contributed by atoms with E-state index in [1.807, 2.05) is 13.8 Å². The lowest BCUT2D eigenvalue weighted by Crippen LogP contribution is -2.30. The molecular formula is C13H21N5O. The highest BCUT2D eigenvalue weighted by Gasteiger charge is 2.28. The number of nitrogens with one attached hydrogen (secondary N) is 3. The van der Waals surface area contributed by atoms with Gasteiger partial charge < -0.3 is 16.0 Å². The monoisotopic (exact) mass is 263 g/mol. The molecule has 0 radical (unpaired) electrons. The molecule has 0 unspecified atom stereocenters. The van der Waals surface area contributed by atoms with Crippen molar-refractivity contribution in [3.05, 3.63) is 11.9 Å². The Labute approximate surface area is 113 Å².